The molecule has 5 nitrogen and oxygen atoms in total. The maximum Gasteiger partial charge on any atom is 0.283 e. The van der Waals surface area contributed by atoms with Crippen molar-refractivity contribution in [2.45, 2.75) is 25.9 Å². The Morgan fingerprint density at radius 2 is 2.10 bits per heavy atom. The van der Waals surface area contributed by atoms with Crippen molar-refractivity contribution in [3.8, 4) is 0 Å². The molecule has 0 aliphatic rings. The molecule has 0 saturated heterocycles. The molecule has 2 aromatic rings. The van der Waals surface area contributed by atoms with E-state index in [-0.39, 0.29) is 24.8 Å². The first-order valence-corrected chi connectivity index (χ1v) is 7.64. The highest BCUT2D eigenvalue weighted by Gasteiger charge is 2.13. The summed E-state index contributed by atoms with van der Waals surface area (Å²) in [5.74, 6) is 0. The highest BCUT2D eigenvalue weighted by atomic mass is 79.9. The number of rotatable bonds is 6. The summed E-state index contributed by atoms with van der Waals surface area (Å²) in [4.78, 5) is 12.1. The molecule has 0 bridgehead atoms. The molecule has 1 aromatic heterocycles. The van der Waals surface area contributed by atoms with Crippen LogP contribution in [0.15, 0.2) is 45.8 Å². The first kappa shape index (κ1) is 15.7. The van der Waals surface area contributed by atoms with E-state index < -0.39 is 0 Å². The minimum atomic E-state index is -0.253. The summed E-state index contributed by atoms with van der Waals surface area (Å²) in [6.45, 7) is 2.15. The summed E-state index contributed by atoms with van der Waals surface area (Å²) >= 11 is 3.31. The fraction of sp³-hybridized carbons (Fsp3) is 0.333. The first-order chi connectivity index (χ1) is 10.2. The van der Waals surface area contributed by atoms with Gasteiger partial charge in [-0.2, -0.15) is 5.10 Å². The largest absolute Gasteiger partial charge is 0.394 e. The molecule has 0 aliphatic carbocycles. The molecule has 0 radical (unpaired) electrons. The van der Waals surface area contributed by atoms with E-state index in [9.17, 15) is 4.79 Å². The molecule has 0 fully saturated rings. The predicted molar refractivity (Wildman–Crippen MR) is 86.4 cm³/mol. The molecule has 21 heavy (non-hydrogen) atoms. The smallest absolute Gasteiger partial charge is 0.283 e. The van der Waals surface area contributed by atoms with Crippen molar-refractivity contribution < 1.29 is 5.11 Å². The van der Waals surface area contributed by atoms with Gasteiger partial charge in [0.2, 0.25) is 0 Å². The van der Waals surface area contributed by atoms with Gasteiger partial charge in [0, 0.05) is 0 Å². The van der Waals surface area contributed by atoms with Crippen LogP contribution in [-0.2, 0) is 6.54 Å². The molecular formula is C15H18BrN3O2. The van der Waals surface area contributed by atoms with E-state index in [1.165, 1.54) is 4.68 Å². The second-order valence-electron chi connectivity index (χ2n) is 4.64. The molecular weight excluding hydrogens is 334 g/mol. The first-order valence-electron chi connectivity index (χ1n) is 6.85. The molecule has 1 heterocycles. The molecule has 6 heteroatoms. The maximum atomic E-state index is 12.1. The number of aliphatic hydroxyl groups excluding tert-OH is 1. The van der Waals surface area contributed by atoms with E-state index in [1.54, 1.807) is 6.20 Å². The number of aliphatic hydroxyl groups is 1. The van der Waals surface area contributed by atoms with Crippen LogP contribution in [0.5, 0.6) is 0 Å². The van der Waals surface area contributed by atoms with Crippen LogP contribution in [0.3, 0.4) is 0 Å². The van der Waals surface area contributed by atoms with Crippen molar-refractivity contribution >= 4 is 21.6 Å². The van der Waals surface area contributed by atoms with Crippen molar-refractivity contribution in [3.63, 3.8) is 0 Å². The van der Waals surface area contributed by atoms with Crippen LogP contribution >= 0.6 is 15.9 Å². The minimum absolute atomic E-state index is 0.109. The van der Waals surface area contributed by atoms with Gasteiger partial charge in [-0.3, -0.25) is 4.79 Å². The monoisotopic (exact) mass is 351 g/mol. The summed E-state index contributed by atoms with van der Waals surface area (Å²) in [5.41, 5.74) is 1.56. The quantitative estimate of drug-likeness (QED) is 0.839. The number of anilines is 1. The van der Waals surface area contributed by atoms with Crippen LogP contribution in [-0.4, -0.2) is 21.5 Å². The van der Waals surface area contributed by atoms with Crippen LogP contribution in [0.25, 0.3) is 0 Å². The van der Waals surface area contributed by atoms with Gasteiger partial charge < -0.3 is 10.4 Å². The van der Waals surface area contributed by atoms with Crippen molar-refractivity contribution in [1.82, 2.24) is 9.78 Å². The fourth-order valence-corrected chi connectivity index (χ4v) is 2.54. The van der Waals surface area contributed by atoms with Gasteiger partial charge in [0.05, 0.1) is 31.1 Å². The van der Waals surface area contributed by atoms with Crippen molar-refractivity contribution in [2.75, 3.05) is 11.9 Å². The topological polar surface area (TPSA) is 67.2 Å². The Morgan fingerprint density at radius 3 is 2.71 bits per heavy atom. The van der Waals surface area contributed by atoms with Gasteiger partial charge in [-0.25, -0.2) is 4.68 Å². The zero-order chi connectivity index (χ0) is 15.2. The lowest BCUT2D eigenvalue weighted by Crippen LogP contribution is -2.26. The predicted octanol–water partition coefficient (Wildman–Crippen LogP) is 2.56. The van der Waals surface area contributed by atoms with Crippen molar-refractivity contribution in [2.24, 2.45) is 0 Å². The standard InChI is InChI=1S/C15H18BrN3O2/c1-2-12(11-6-4-3-5-7-11)18-13-10-17-19(8-9-20)15(21)14(13)16/h3-7,10,12,18,20H,2,8-9H2,1H3. The van der Waals surface area contributed by atoms with Crippen molar-refractivity contribution in [3.05, 3.63) is 56.9 Å². The Balaban J connectivity index is 2.26. The van der Waals surface area contributed by atoms with Crippen molar-refractivity contribution in [1.29, 1.82) is 0 Å². The molecule has 112 valence electrons. The SMILES string of the molecule is CCC(Nc1cnn(CCO)c(=O)c1Br)c1ccccc1. The maximum absolute atomic E-state index is 12.1. The van der Waals surface area contributed by atoms with Gasteiger partial charge in [0.15, 0.2) is 0 Å². The molecule has 1 unspecified atom stereocenters. The Bertz CT molecular complexity index is 643. The highest BCUT2D eigenvalue weighted by Crippen LogP contribution is 2.25. The zero-order valence-electron chi connectivity index (χ0n) is 11.8. The van der Waals surface area contributed by atoms with Gasteiger partial charge in [-0.05, 0) is 27.9 Å². The van der Waals surface area contributed by atoms with Crippen LogP contribution < -0.4 is 10.9 Å². The second kappa shape index (κ2) is 7.38. The van der Waals surface area contributed by atoms with Crippen LogP contribution in [0.4, 0.5) is 5.69 Å². The second-order valence-corrected chi connectivity index (χ2v) is 5.43. The summed E-state index contributed by atoms with van der Waals surface area (Å²) in [7, 11) is 0. The average molecular weight is 352 g/mol. The van der Waals surface area contributed by atoms with Crippen LogP contribution in [0.1, 0.15) is 24.9 Å². The lowest BCUT2D eigenvalue weighted by molar-refractivity contribution is 0.266. The summed E-state index contributed by atoms with van der Waals surface area (Å²) in [5, 5.41) is 16.3. The third-order valence-electron chi connectivity index (χ3n) is 3.24. The Kier molecular flexibility index (Phi) is 5.52. The van der Waals surface area contributed by atoms with E-state index in [4.69, 9.17) is 5.11 Å². The van der Waals surface area contributed by atoms with E-state index in [0.717, 1.165) is 12.0 Å². The highest BCUT2D eigenvalue weighted by molar-refractivity contribution is 9.10. The molecule has 0 saturated carbocycles. The summed E-state index contributed by atoms with van der Waals surface area (Å²) in [6, 6.07) is 10.2. The molecule has 1 aromatic carbocycles. The summed E-state index contributed by atoms with van der Waals surface area (Å²) in [6.07, 6.45) is 2.49. The number of nitrogens with one attached hydrogen (secondary N) is 1. The number of halogens is 1. The van der Waals surface area contributed by atoms with Gasteiger partial charge in [-0.1, -0.05) is 37.3 Å². The molecule has 0 spiro atoms. The van der Waals surface area contributed by atoms with Crippen LogP contribution in [0.2, 0.25) is 0 Å². The van der Waals surface area contributed by atoms with Gasteiger partial charge in [0.1, 0.15) is 4.47 Å². The third kappa shape index (κ3) is 3.71. The fourth-order valence-electron chi connectivity index (χ4n) is 2.11. The molecule has 2 N–H and O–H groups in total. The normalized spacial score (nSPS) is 12.1. The average Bonchev–Trinajstić information content (AvgIpc) is 2.52. The number of hydrogen-bond acceptors (Lipinski definition) is 4. The molecule has 2 rings (SSSR count). The summed E-state index contributed by atoms with van der Waals surface area (Å²) < 4.78 is 1.67. The van der Waals surface area contributed by atoms with Gasteiger partial charge >= 0.3 is 0 Å². The molecule has 1 atom stereocenters. The van der Waals surface area contributed by atoms with E-state index >= 15 is 0 Å². The number of benzene rings is 1. The van der Waals surface area contributed by atoms with E-state index in [2.05, 4.69) is 45.4 Å². The number of nitrogens with zero attached hydrogens (tertiary/aromatic N) is 2. The van der Waals surface area contributed by atoms with Gasteiger partial charge in [-0.15, -0.1) is 0 Å². The third-order valence-corrected chi connectivity index (χ3v) is 4.00. The zero-order valence-corrected chi connectivity index (χ0v) is 13.4. The Labute approximate surface area is 131 Å². The minimum Gasteiger partial charge on any atom is -0.394 e. The van der Waals surface area contributed by atoms with Crippen LogP contribution in [0, 0.1) is 0 Å². The molecule has 0 aliphatic heterocycles. The van der Waals surface area contributed by atoms with E-state index in [0.29, 0.717) is 10.2 Å². The number of aromatic nitrogens is 2. The van der Waals surface area contributed by atoms with Gasteiger partial charge in [0.25, 0.3) is 5.56 Å². The Hall–Kier alpha value is -1.66. The molecule has 0 amide bonds. The van der Waals surface area contributed by atoms with E-state index in [1.807, 2.05) is 18.2 Å². The lowest BCUT2D eigenvalue weighted by atomic mass is 10.0. The lowest BCUT2D eigenvalue weighted by Gasteiger charge is -2.19. The number of hydrogen-bond donors (Lipinski definition) is 2. The Morgan fingerprint density at radius 1 is 1.38 bits per heavy atom.